The van der Waals surface area contributed by atoms with Crippen LogP contribution in [0.15, 0.2) is 21.3 Å². The van der Waals surface area contributed by atoms with Crippen molar-refractivity contribution < 1.29 is 13.9 Å². The molecule has 158 valence electrons. The molecule has 2 aliphatic heterocycles. The number of ether oxygens (including phenoxy) is 2. The third kappa shape index (κ3) is 4.14. The van der Waals surface area contributed by atoms with E-state index in [1.807, 2.05) is 19.9 Å². The zero-order valence-corrected chi connectivity index (χ0v) is 17.8. The minimum Gasteiger partial charge on any atom is -0.490 e. The van der Waals surface area contributed by atoms with Gasteiger partial charge in [-0.1, -0.05) is 0 Å². The van der Waals surface area contributed by atoms with E-state index in [4.69, 9.17) is 13.9 Å². The summed E-state index contributed by atoms with van der Waals surface area (Å²) in [4.78, 5) is 17.7. The Hall–Kier alpha value is -2.05. The SMILES string of the molecule is CCOc1cc2oc(=O)c3c(c2cc1OCC)CCN(CC(C)N1CCCC1)C3. The molecule has 1 aromatic carbocycles. The molecule has 1 atom stereocenters. The maximum absolute atomic E-state index is 12.8. The molecule has 0 bridgehead atoms. The molecule has 0 radical (unpaired) electrons. The van der Waals surface area contributed by atoms with Gasteiger partial charge in [-0.25, -0.2) is 4.79 Å². The van der Waals surface area contributed by atoms with E-state index in [0.717, 1.165) is 36.0 Å². The standard InChI is InChI=1S/C23H32N2O4/c1-4-27-21-12-18-17-8-11-24(14-16(3)25-9-6-7-10-25)15-19(17)23(26)29-20(18)13-22(21)28-5-2/h12-13,16H,4-11,14-15H2,1-3H3. The van der Waals surface area contributed by atoms with Crippen LogP contribution in [-0.2, 0) is 13.0 Å². The summed E-state index contributed by atoms with van der Waals surface area (Å²) >= 11 is 0. The second kappa shape index (κ2) is 8.76. The number of nitrogens with zero attached hydrogens (tertiary/aromatic N) is 2. The minimum absolute atomic E-state index is 0.224. The van der Waals surface area contributed by atoms with Crippen molar-refractivity contribution in [3.8, 4) is 11.5 Å². The summed E-state index contributed by atoms with van der Waals surface area (Å²) in [5.74, 6) is 1.34. The predicted octanol–water partition coefficient (Wildman–Crippen LogP) is 3.43. The first kappa shape index (κ1) is 20.2. The molecule has 0 aliphatic carbocycles. The van der Waals surface area contributed by atoms with E-state index in [-0.39, 0.29) is 5.63 Å². The molecule has 0 saturated carbocycles. The molecule has 1 aromatic heterocycles. The maximum Gasteiger partial charge on any atom is 0.341 e. The molecule has 1 saturated heterocycles. The number of benzene rings is 1. The highest BCUT2D eigenvalue weighted by molar-refractivity contribution is 5.85. The van der Waals surface area contributed by atoms with E-state index in [0.29, 0.717) is 42.9 Å². The molecule has 6 nitrogen and oxygen atoms in total. The molecule has 3 heterocycles. The minimum atomic E-state index is -0.224. The van der Waals surface area contributed by atoms with Crippen molar-refractivity contribution in [2.45, 2.75) is 52.6 Å². The van der Waals surface area contributed by atoms with Gasteiger partial charge >= 0.3 is 5.63 Å². The van der Waals surface area contributed by atoms with E-state index in [1.165, 1.54) is 25.9 Å². The van der Waals surface area contributed by atoms with Gasteiger partial charge in [0.2, 0.25) is 0 Å². The second-order valence-electron chi connectivity index (χ2n) is 8.08. The Kier molecular flexibility index (Phi) is 6.11. The van der Waals surface area contributed by atoms with Gasteiger partial charge in [-0.2, -0.15) is 0 Å². The molecule has 4 rings (SSSR count). The molecule has 29 heavy (non-hydrogen) atoms. The topological polar surface area (TPSA) is 55.2 Å². The fourth-order valence-electron chi connectivity index (χ4n) is 4.69. The molecule has 0 spiro atoms. The molecule has 0 N–H and O–H groups in total. The zero-order valence-electron chi connectivity index (χ0n) is 17.8. The van der Waals surface area contributed by atoms with Crippen LogP contribution >= 0.6 is 0 Å². The lowest BCUT2D eigenvalue weighted by atomic mass is 9.97. The first-order valence-corrected chi connectivity index (χ1v) is 10.9. The molecule has 0 amide bonds. The van der Waals surface area contributed by atoms with Crippen LogP contribution in [0.4, 0.5) is 0 Å². The van der Waals surface area contributed by atoms with Crippen molar-refractivity contribution in [3.63, 3.8) is 0 Å². The lowest BCUT2D eigenvalue weighted by Gasteiger charge is -2.33. The summed E-state index contributed by atoms with van der Waals surface area (Å²) in [5, 5.41) is 0.971. The second-order valence-corrected chi connectivity index (χ2v) is 8.08. The Morgan fingerprint density at radius 1 is 1.03 bits per heavy atom. The van der Waals surface area contributed by atoms with Crippen LogP contribution in [0.2, 0.25) is 0 Å². The number of hydrogen-bond donors (Lipinski definition) is 0. The Bertz CT molecular complexity index is 917. The Balaban J connectivity index is 1.63. The lowest BCUT2D eigenvalue weighted by Crippen LogP contribution is -2.43. The fourth-order valence-corrected chi connectivity index (χ4v) is 4.69. The van der Waals surface area contributed by atoms with Crippen molar-refractivity contribution in [1.29, 1.82) is 0 Å². The van der Waals surface area contributed by atoms with Crippen LogP contribution in [0.3, 0.4) is 0 Å². The van der Waals surface area contributed by atoms with E-state index in [9.17, 15) is 4.79 Å². The fraction of sp³-hybridized carbons (Fsp3) is 0.609. The first-order chi connectivity index (χ1) is 14.1. The van der Waals surface area contributed by atoms with Gasteiger partial charge in [0.25, 0.3) is 0 Å². The van der Waals surface area contributed by atoms with Gasteiger partial charge in [-0.15, -0.1) is 0 Å². The molecule has 6 heteroatoms. The van der Waals surface area contributed by atoms with Gasteiger partial charge < -0.3 is 13.9 Å². The molecular formula is C23H32N2O4. The summed E-state index contributed by atoms with van der Waals surface area (Å²) in [6.45, 7) is 12.3. The predicted molar refractivity (Wildman–Crippen MR) is 114 cm³/mol. The quantitative estimate of drug-likeness (QED) is 0.664. The molecule has 1 fully saturated rings. The van der Waals surface area contributed by atoms with Crippen molar-refractivity contribution in [3.05, 3.63) is 33.7 Å². The number of hydrogen-bond acceptors (Lipinski definition) is 6. The number of likely N-dealkylation sites (tertiary alicyclic amines) is 1. The third-order valence-corrected chi connectivity index (χ3v) is 6.13. The van der Waals surface area contributed by atoms with E-state index in [1.54, 1.807) is 6.07 Å². The first-order valence-electron chi connectivity index (χ1n) is 10.9. The highest BCUT2D eigenvalue weighted by atomic mass is 16.5. The van der Waals surface area contributed by atoms with Gasteiger partial charge in [-0.05, 0) is 64.8 Å². The van der Waals surface area contributed by atoms with E-state index >= 15 is 0 Å². The van der Waals surface area contributed by atoms with Crippen LogP contribution in [0.1, 0.15) is 44.7 Å². The van der Waals surface area contributed by atoms with Crippen molar-refractivity contribution in [2.24, 2.45) is 0 Å². The largest absolute Gasteiger partial charge is 0.490 e. The molecule has 2 aromatic rings. The van der Waals surface area contributed by atoms with Crippen molar-refractivity contribution in [1.82, 2.24) is 9.80 Å². The van der Waals surface area contributed by atoms with Gasteiger partial charge in [-0.3, -0.25) is 9.80 Å². The highest BCUT2D eigenvalue weighted by Gasteiger charge is 2.27. The Morgan fingerprint density at radius 2 is 1.72 bits per heavy atom. The van der Waals surface area contributed by atoms with Crippen LogP contribution in [-0.4, -0.2) is 55.2 Å². The van der Waals surface area contributed by atoms with Crippen LogP contribution in [0.25, 0.3) is 11.0 Å². The summed E-state index contributed by atoms with van der Waals surface area (Å²) in [6.07, 6.45) is 3.45. The third-order valence-electron chi connectivity index (χ3n) is 6.13. The Labute approximate surface area is 172 Å². The van der Waals surface area contributed by atoms with Crippen LogP contribution in [0, 0.1) is 0 Å². The molecular weight excluding hydrogens is 368 g/mol. The smallest absolute Gasteiger partial charge is 0.341 e. The van der Waals surface area contributed by atoms with Crippen LogP contribution in [0.5, 0.6) is 11.5 Å². The Morgan fingerprint density at radius 3 is 2.41 bits per heavy atom. The van der Waals surface area contributed by atoms with Gasteiger partial charge in [0.05, 0.1) is 18.8 Å². The summed E-state index contributed by atoms with van der Waals surface area (Å²) < 4.78 is 17.2. The van der Waals surface area contributed by atoms with E-state index in [2.05, 4.69) is 16.7 Å². The van der Waals surface area contributed by atoms with Crippen molar-refractivity contribution in [2.75, 3.05) is 39.4 Å². The van der Waals surface area contributed by atoms with Gasteiger partial charge in [0.1, 0.15) is 5.58 Å². The summed E-state index contributed by atoms with van der Waals surface area (Å²) in [6, 6.07) is 4.30. The van der Waals surface area contributed by atoms with Gasteiger partial charge in [0.15, 0.2) is 11.5 Å². The monoisotopic (exact) mass is 400 g/mol. The molecule has 1 unspecified atom stereocenters. The normalized spacial score (nSPS) is 18.7. The number of rotatable bonds is 7. The number of fused-ring (bicyclic) bond motifs is 3. The van der Waals surface area contributed by atoms with Gasteiger partial charge in [0, 0.05) is 37.1 Å². The average molecular weight is 401 g/mol. The van der Waals surface area contributed by atoms with Crippen molar-refractivity contribution >= 4 is 11.0 Å². The summed E-state index contributed by atoms with van der Waals surface area (Å²) in [5.41, 5.74) is 2.26. The maximum atomic E-state index is 12.8. The van der Waals surface area contributed by atoms with E-state index < -0.39 is 0 Å². The van der Waals surface area contributed by atoms with Crippen LogP contribution < -0.4 is 15.1 Å². The summed E-state index contributed by atoms with van der Waals surface area (Å²) in [7, 11) is 0. The molecule has 2 aliphatic rings. The zero-order chi connectivity index (χ0) is 20.4. The highest BCUT2D eigenvalue weighted by Crippen LogP contribution is 2.35. The average Bonchev–Trinajstić information content (AvgIpc) is 3.25. The lowest BCUT2D eigenvalue weighted by molar-refractivity contribution is 0.160.